The van der Waals surface area contributed by atoms with Gasteiger partial charge >= 0.3 is 0 Å². The molecule has 6 heteroatoms. The minimum atomic E-state index is -0.460. The third-order valence-corrected chi connectivity index (χ3v) is 3.26. The van der Waals surface area contributed by atoms with Gasteiger partial charge in [0.05, 0.1) is 12.6 Å². The van der Waals surface area contributed by atoms with E-state index in [0.29, 0.717) is 12.1 Å². The van der Waals surface area contributed by atoms with Crippen molar-refractivity contribution < 1.29 is 14.0 Å². The van der Waals surface area contributed by atoms with Crippen LogP contribution in [0.25, 0.3) is 0 Å². The van der Waals surface area contributed by atoms with Gasteiger partial charge in [-0.3, -0.25) is 19.8 Å². The second-order valence-corrected chi connectivity index (χ2v) is 4.62. The van der Waals surface area contributed by atoms with Gasteiger partial charge < -0.3 is 5.73 Å². The molecule has 1 atom stereocenters. The SMILES string of the molecule is CC1C(=O)NC(=O)CN1Cc1cc(CN)ccc1F. The third kappa shape index (κ3) is 2.97. The van der Waals surface area contributed by atoms with E-state index < -0.39 is 6.04 Å². The van der Waals surface area contributed by atoms with Gasteiger partial charge in [-0.25, -0.2) is 4.39 Å². The van der Waals surface area contributed by atoms with Gasteiger partial charge in [0.25, 0.3) is 0 Å². The monoisotopic (exact) mass is 265 g/mol. The fourth-order valence-corrected chi connectivity index (χ4v) is 2.06. The van der Waals surface area contributed by atoms with Crippen molar-refractivity contribution >= 4 is 11.8 Å². The highest BCUT2D eigenvalue weighted by Crippen LogP contribution is 2.16. The predicted octanol–water partition coefficient (Wildman–Crippen LogP) is 0.131. The summed E-state index contributed by atoms with van der Waals surface area (Å²) in [6, 6.07) is 4.18. The number of nitrogens with two attached hydrogens (primary N) is 1. The van der Waals surface area contributed by atoms with E-state index >= 15 is 0 Å². The predicted molar refractivity (Wildman–Crippen MR) is 67.3 cm³/mol. The van der Waals surface area contributed by atoms with Gasteiger partial charge in [-0.05, 0) is 18.6 Å². The summed E-state index contributed by atoms with van der Waals surface area (Å²) in [4.78, 5) is 24.5. The Labute approximate surface area is 110 Å². The van der Waals surface area contributed by atoms with Gasteiger partial charge in [0, 0.05) is 18.7 Å². The van der Waals surface area contributed by atoms with Crippen molar-refractivity contribution in [3.8, 4) is 0 Å². The van der Waals surface area contributed by atoms with Gasteiger partial charge in [0.1, 0.15) is 5.82 Å². The fourth-order valence-electron chi connectivity index (χ4n) is 2.06. The number of carbonyl (C=O) groups excluding carboxylic acids is 2. The molecule has 19 heavy (non-hydrogen) atoms. The molecule has 0 aliphatic carbocycles. The molecule has 1 unspecified atom stereocenters. The van der Waals surface area contributed by atoms with E-state index in [4.69, 9.17) is 5.73 Å². The van der Waals surface area contributed by atoms with E-state index in [-0.39, 0.29) is 30.7 Å². The lowest BCUT2D eigenvalue weighted by atomic mass is 10.1. The molecule has 1 aromatic carbocycles. The molecule has 1 fully saturated rings. The summed E-state index contributed by atoms with van der Waals surface area (Å²) in [5.41, 5.74) is 6.78. The highest BCUT2D eigenvalue weighted by atomic mass is 19.1. The van der Waals surface area contributed by atoms with Crippen LogP contribution in [-0.2, 0) is 22.7 Å². The average molecular weight is 265 g/mol. The van der Waals surface area contributed by atoms with Crippen LogP contribution in [0.5, 0.6) is 0 Å². The molecule has 3 N–H and O–H groups in total. The highest BCUT2D eigenvalue weighted by molar-refractivity contribution is 6.00. The van der Waals surface area contributed by atoms with E-state index in [1.807, 2.05) is 0 Å². The molecule has 0 saturated carbocycles. The minimum Gasteiger partial charge on any atom is -0.326 e. The van der Waals surface area contributed by atoms with Crippen molar-refractivity contribution in [1.29, 1.82) is 0 Å². The molecule has 1 aromatic rings. The molecule has 0 radical (unpaired) electrons. The second-order valence-electron chi connectivity index (χ2n) is 4.62. The van der Waals surface area contributed by atoms with Crippen molar-refractivity contribution in [3.05, 3.63) is 35.1 Å². The normalized spacial score (nSPS) is 20.5. The summed E-state index contributed by atoms with van der Waals surface area (Å²) in [5, 5.41) is 2.25. The van der Waals surface area contributed by atoms with Crippen molar-refractivity contribution in [2.24, 2.45) is 5.73 Å². The summed E-state index contributed by atoms with van der Waals surface area (Å²) < 4.78 is 13.7. The summed E-state index contributed by atoms with van der Waals surface area (Å²) in [6.07, 6.45) is 0. The summed E-state index contributed by atoms with van der Waals surface area (Å²) in [7, 11) is 0. The number of rotatable bonds is 3. The summed E-state index contributed by atoms with van der Waals surface area (Å²) >= 11 is 0. The topological polar surface area (TPSA) is 75.4 Å². The van der Waals surface area contributed by atoms with Gasteiger partial charge in [-0.2, -0.15) is 0 Å². The Hall–Kier alpha value is -1.79. The first-order valence-corrected chi connectivity index (χ1v) is 6.06. The number of hydrogen-bond acceptors (Lipinski definition) is 4. The van der Waals surface area contributed by atoms with Gasteiger partial charge in [-0.1, -0.05) is 12.1 Å². The molecule has 2 rings (SSSR count). The van der Waals surface area contributed by atoms with Crippen LogP contribution in [0, 0.1) is 5.82 Å². The molecule has 0 aromatic heterocycles. The molecule has 1 saturated heterocycles. The Morgan fingerprint density at radius 1 is 1.47 bits per heavy atom. The van der Waals surface area contributed by atoms with E-state index in [1.165, 1.54) is 6.07 Å². The zero-order valence-corrected chi connectivity index (χ0v) is 10.6. The van der Waals surface area contributed by atoms with E-state index in [1.54, 1.807) is 24.0 Å². The lowest BCUT2D eigenvalue weighted by Gasteiger charge is -2.31. The lowest BCUT2D eigenvalue weighted by Crippen LogP contribution is -2.56. The molecule has 5 nitrogen and oxygen atoms in total. The molecule has 1 heterocycles. The van der Waals surface area contributed by atoms with Crippen LogP contribution >= 0.6 is 0 Å². The number of carbonyl (C=O) groups is 2. The first-order chi connectivity index (χ1) is 9.01. The maximum Gasteiger partial charge on any atom is 0.243 e. The maximum atomic E-state index is 13.7. The van der Waals surface area contributed by atoms with Crippen molar-refractivity contribution in [2.45, 2.75) is 26.1 Å². The maximum absolute atomic E-state index is 13.7. The number of nitrogens with one attached hydrogen (secondary N) is 1. The Morgan fingerprint density at radius 2 is 2.21 bits per heavy atom. The molecular weight excluding hydrogens is 249 g/mol. The Kier molecular flexibility index (Phi) is 3.92. The Bertz CT molecular complexity index is 519. The van der Waals surface area contributed by atoms with E-state index in [2.05, 4.69) is 5.32 Å². The standard InChI is InChI=1S/C13H16FN3O2/c1-8-13(19)16-12(18)7-17(8)6-10-4-9(5-15)2-3-11(10)14/h2-4,8H,5-7,15H2,1H3,(H,16,18,19). The van der Waals surface area contributed by atoms with Gasteiger partial charge in [0.15, 0.2) is 0 Å². The number of amides is 2. The van der Waals surface area contributed by atoms with Gasteiger partial charge in [0.2, 0.25) is 11.8 Å². The molecule has 0 bridgehead atoms. The van der Waals surface area contributed by atoms with Crippen LogP contribution in [0.1, 0.15) is 18.1 Å². The lowest BCUT2D eigenvalue weighted by molar-refractivity contribution is -0.139. The van der Waals surface area contributed by atoms with Crippen LogP contribution in [0.2, 0.25) is 0 Å². The Balaban J connectivity index is 2.20. The van der Waals surface area contributed by atoms with Crippen LogP contribution in [0.4, 0.5) is 4.39 Å². The van der Waals surface area contributed by atoms with Crippen LogP contribution < -0.4 is 11.1 Å². The number of halogens is 1. The second kappa shape index (κ2) is 5.46. The van der Waals surface area contributed by atoms with Gasteiger partial charge in [-0.15, -0.1) is 0 Å². The third-order valence-electron chi connectivity index (χ3n) is 3.26. The zero-order chi connectivity index (χ0) is 14.0. The van der Waals surface area contributed by atoms with E-state index in [0.717, 1.165) is 5.56 Å². The highest BCUT2D eigenvalue weighted by Gasteiger charge is 2.30. The quantitative estimate of drug-likeness (QED) is 0.762. The first-order valence-electron chi connectivity index (χ1n) is 6.06. The summed E-state index contributed by atoms with van der Waals surface area (Å²) in [6.45, 7) is 2.30. The van der Waals surface area contributed by atoms with Crippen LogP contribution in [0.3, 0.4) is 0 Å². The smallest absolute Gasteiger partial charge is 0.243 e. The number of hydrogen-bond donors (Lipinski definition) is 2. The van der Waals surface area contributed by atoms with Crippen molar-refractivity contribution in [2.75, 3.05) is 6.54 Å². The minimum absolute atomic E-state index is 0.0825. The first kappa shape index (κ1) is 13.6. The largest absolute Gasteiger partial charge is 0.326 e. The molecule has 1 aliphatic rings. The Morgan fingerprint density at radius 3 is 2.89 bits per heavy atom. The van der Waals surface area contributed by atoms with Crippen molar-refractivity contribution in [1.82, 2.24) is 10.2 Å². The number of imide groups is 1. The average Bonchev–Trinajstić information content (AvgIpc) is 2.38. The zero-order valence-electron chi connectivity index (χ0n) is 10.6. The molecule has 0 spiro atoms. The fraction of sp³-hybridized carbons (Fsp3) is 0.385. The molecular formula is C13H16FN3O2. The number of nitrogens with zero attached hydrogens (tertiary/aromatic N) is 1. The van der Waals surface area contributed by atoms with Crippen molar-refractivity contribution in [3.63, 3.8) is 0 Å². The molecule has 1 aliphatic heterocycles. The number of benzene rings is 1. The number of piperazine rings is 1. The van der Waals surface area contributed by atoms with Crippen LogP contribution in [0.15, 0.2) is 18.2 Å². The van der Waals surface area contributed by atoms with Crippen LogP contribution in [-0.4, -0.2) is 29.3 Å². The molecule has 2 amide bonds. The summed E-state index contributed by atoms with van der Waals surface area (Å²) in [5.74, 6) is -1.08. The molecule has 102 valence electrons. The van der Waals surface area contributed by atoms with E-state index in [9.17, 15) is 14.0 Å².